The minimum absolute atomic E-state index is 0.258. The first-order valence-electron chi connectivity index (χ1n) is 4.36. The van der Waals surface area contributed by atoms with Crippen LogP contribution in [-0.4, -0.2) is 24.2 Å². The summed E-state index contributed by atoms with van der Waals surface area (Å²) in [6.45, 7) is 3.68. The van der Waals surface area contributed by atoms with E-state index in [1.54, 1.807) is 13.0 Å². The Morgan fingerprint density at radius 3 is 2.50 bits per heavy atom. The van der Waals surface area contributed by atoms with Crippen LogP contribution in [0.15, 0.2) is 11.6 Å². The molecule has 1 aliphatic heterocycles. The fraction of sp³-hybridized carbons (Fsp3) is 0.667. The maximum atomic E-state index is 10.7. The van der Waals surface area contributed by atoms with Crippen LogP contribution in [0.4, 0.5) is 0 Å². The quantitative estimate of drug-likeness (QED) is 0.607. The molecule has 0 aromatic heterocycles. The number of carboxylic acid groups (broad SMARTS) is 1. The number of rotatable bonds is 2. The number of aliphatic carboxylic acids is 1. The first-order valence-corrected chi connectivity index (χ1v) is 4.36. The highest BCUT2D eigenvalue weighted by Crippen LogP contribution is 2.21. The van der Waals surface area contributed by atoms with E-state index in [0.717, 1.165) is 25.9 Å². The van der Waals surface area contributed by atoms with Crippen LogP contribution in [0.25, 0.3) is 0 Å². The van der Waals surface area contributed by atoms with E-state index in [-0.39, 0.29) is 5.92 Å². The van der Waals surface area contributed by atoms with Crippen molar-refractivity contribution in [3.8, 4) is 0 Å². The summed E-state index contributed by atoms with van der Waals surface area (Å²) in [5.74, 6) is -0.502. The largest absolute Gasteiger partial charge is 0.478 e. The lowest BCUT2D eigenvalue weighted by molar-refractivity contribution is -0.133. The van der Waals surface area contributed by atoms with Gasteiger partial charge in [0, 0.05) is 5.57 Å². The van der Waals surface area contributed by atoms with Gasteiger partial charge in [-0.15, -0.1) is 0 Å². The molecule has 0 atom stereocenters. The maximum Gasteiger partial charge on any atom is 0.331 e. The zero-order valence-electron chi connectivity index (χ0n) is 7.34. The molecule has 0 bridgehead atoms. The summed E-state index contributed by atoms with van der Waals surface area (Å²) in [6.07, 6.45) is 3.62. The third-order valence-corrected chi connectivity index (χ3v) is 2.34. The van der Waals surface area contributed by atoms with Crippen LogP contribution in [-0.2, 0) is 4.79 Å². The highest BCUT2D eigenvalue weighted by Gasteiger charge is 2.21. The summed E-state index contributed by atoms with van der Waals surface area (Å²) >= 11 is 0. The molecule has 3 nitrogen and oxygen atoms in total. The van der Waals surface area contributed by atoms with Crippen LogP contribution < -0.4 is 5.32 Å². The molecule has 0 amide bonds. The minimum atomic E-state index is -0.760. The summed E-state index contributed by atoms with van der Waals surface area (Å²) in [5.41, 5.74) is 0.580. The van der Waals surface area contributed by atoms with Gasteiger partial charge in [-0.25, -0.2) is 4.79 Å². The van der Waals surface area contributed by atoms with Gasteiger partial charge in [0.15, 0.2) is 0 Å². The topological polar surface area (TPSA) is 49.3 Å². The van der Waals surface area contributed by atoms with Crippen molar-refractivity contribution in [3.63, 3.8) is 0 Å². The van der Waals surface area contributed by atoms with Crippen molar-refractivity contribution in [2.75, 3.05) is 13.1 Å². The Hall–Kier alpha value is -0.830. The standard InChI is InChI=1S/C9H15NO2/c1-2-8(9(11)12)7-3-5-10-6-4-7/h2,7,10H,3-6H2,1H3,(H,11,12)/b8-2+. The summed E-state index contributed by atoms with van der Waals surface area (Å²) in [4.78, 5) is 10.7. The van der Waals surface area contributed by atoms with E-state index in [1.165, 1.54) is 0 Å². The van der Waals surface area contributed by atoms with E-state index < -0.39 is 5.97 Å². The lowest BCUT2D eigenvalue weighted by Gasteiger charge is -2.22. The average molecular weight is 169 g/mol. The second-order valence-electron chi connectivity index (χ2n) is 3.07. The molecule has 0 aliphatic carbocycles. The van der Waals surface area contributed by atoms with Gasteiger partial charge in [-0.3, -0.25) is 0 Å². The molecule has 0 aromatic carbocycles. The zero-order chi connectivity index (χ0) is 8.97. The Labute approximate surface area is 72.5 Å². The summed E-state index contributed by atoms with van der Waals surface area (Å²) < 4.78 is 0. The Balaban J connectivity index is 2.59. The van der Waals surface area contributed by atoms with Gasteiger partial charge in [-0.2, -0.15) is 0 Å². The second-order valence-corrected chi connectivity index (χ2v) is 3.07. The van der Waals surface area contributed by atoms with Crippen LogP contribution in [0.3, 0.4) is 0 Å². The SMILES string of the molecule is C/C=C(/C(=O)O)C1CCNCC1. The molecule has 1 saturated heterocycles. The number of hydrogen-bond acceptors (Lipinski definition) is 2. The Kier molecular flexibility index (Phi) is 3.29. The molecule has 68 valence electrons. The molecule has 0 spiro atoms. The number of piperidine rings is 1. The average Bonchev–Trinajstić information content (AvgIpc) is 2.07. The molecule has 0 saturated carbocycles. The van der Waals surface area contributed by atoms with Crippen LogP contribution in [0, 0.1) is 5.92 Å². The van der Waals surface area contributed by atoms with E-state index in [9.17, 15) is 4.79 Å². The lowest BCUT2D eigenvalue weighted by atomic mass is 9.90. The zero-order valence-corrected chi connectivity index (χ0v) is 7.34. The number of carbonyl (C=O) groups is 1. The maximum absolute atomic E-state index is 10.7. The highest BCUT2D eigenvalue weighted by atomic mass is 16.4. The number of hydrogen-bond donors (Lipinski definition) is 2. The molecule has 2 N–H and O–H groups in total. The predicted octanol–water partition coefficient (Wildman–Crippen LogP) is 1.02. The van der Waals surface area contributed by atoms with Gasteiger partial charge < -0.3 is 10.4 Å². The van der Waals surface area contributed by atoms with Crippen molar-refractivity contribution in [2.24, 2.45) is 5.92 Å². The van der Waals surface area contributed by atoms with E-state index in [1.807, 2.05) is 0 Å². The molecule has 12 heavy (non-hydrogen) atoms. The third-order valence-electron chi connectivity index (χ3n) is 2.34. The molecule has 3 heteroatoms. The van der Waals surface area contributed by atoms with Crippen molar-refractivity contribution in [2.45, 2.75) is 19.8 Å². The van der Waals surface area contributed by atoms with E-state index in [0.29, 0.717) is 5.57 Å². The van der Waals surface area contributed by atoms with E-state index in [4.69, 9.17) is 5.11 Å². The number of carboxylic acids is 1. The van der Waals surface area contributed by atoms with E-state index >= 15 is 0 Å². The highest BCUT2D eigenvalue weighted by molar-refractivity contribution is 5.87. The summed E-state index contributed by atoms with van der Waals surface area (Å²) in [7, 11) is 0. The van der Waals surface area contributed by atoms with Crippen LogP contribution >= 0.6 is 0 Å². The van der Waals surface area contributed by atoms with Crippen LogP contribution in [0.5, 0.6) is 0 Å². The molecule has 1 aliphatic rings. The van der Waals surface area contributed by atoms with Crippen molar-refractivity contribution in [1.82, 2.24) is 5.32 Å². The van der Waals surface area contributed by atoms with Crippen molar-refractivity contribution in [1.29, 1.82) is 0 Å². The van der Waals surface area contributed by atoms with Gasteiger partial charge in [0.25, 0.3) is 0 Å². The Morgan fingerprint density at radius 2 is 2.08 bits per heavy atom. The molecule has 0 radical (unpaired) electrons. The molecule has 1 heterocycles. The fourth-order valence-electron chi connectivity index (χ4n) is 1.67. The minimum Gasteiger partial charge on any atom is -0.478 e. The summed E-state index contributed by atoms with van der Waals surface area (Å²) in [6, 6.07) is 0. The Bertz CT molecular complexity index is 193. The predicted molar refractivity (Wildman–Crippen MR) is 47.0 cm³/mol. The molecular formula is C9H15NO2. The molecule has 1 rings (SSSR count). The van der Waals surface area contributed by atoms with Gasteiger partial charge in [-0.1, -0.05) is 6.08 Å². The second kappa shape index (κ2) is 4.26. The first kappa shape index (κ1) is 9.26. The van der Waals surface area contributed by atoms with Gasteiger partial charge in [-0.05, 0) is 38.8 Å². The third kappa shape index (κ3) is 2.08. The lowest BCUT2D eigenvalue weighted by Crippen LogP contribution is -2.30. The molecule has 0 aromatic rings. The molecule has 1 fully saturated rings. The normalized spacial score (nSPS) is 20.9. The van der Waals surface area contributed by atoms with Crippen LogP contribution in [0.2, 0.25) is 0 Å². The first-order chi connectivity index (χ1) is 5.75. The molecule has 0 unspecified atom stereocenters. The van der Waals surface area contributed by atoms with Crippen molar-refractivity contribution >= 4 is 5.97 Å². The monoisotopic (exact) mass is 169 g/mol. The number of nitrogens with one attached hydrogen (secondary N) is 1. The van der Waals surface area contributed by atoms with E-state index in [2.05, 4.69) is 5.32 Å². The van der Waals surface area contributed by atoms with Crippen molar-refractivity contribution < 1.29 is 9.90 Å². The van der Waals surface area contributed by atoms with Gasteiger partial charge in [0.1, 0.15) is 0 Å². The summed E-state index contributed by atoms with van der Waals surface area (Å²) in [5, 5.41) is 12.0. The van der Waals surface area contributed by atoms with Gasteiger partial charge in [0.05, 0.1) is 0 Å². The molecular weight excluding hydrogens is 154 g/mol. The van der Waals surface area contributed by atoms with Crippen molar-refractivity contribution in [3.05, 3.63) is 11.6 Å². The number of allylic oxidation sites excluding steroid dienone is 1. The van der Waals surface area contributed by atoms with Gasteiger partial charge >= 0.3 is 5.97 Å². The smallest absolute Gasteiger partial charge is 0.331 e. The Morgan fingerprint density at radius 1 is 1.50 bits per heavy atom. The fourth-order valence-corrected chi connectivity index (χ4v) is 1.67. The van der Waals surface area contributed by atoms with Crippen LogP contribution in [0.1, 0.15) is 19.8 Å². The van der Waals surface area contributed by atoms with Gasteiger partial charge in [0.2, 0.25) is 0 Å².